The zero-order chi connectivity index (χ0) is 13.1. The fraction of sp³-hybridized carbons (Fsp3) is 0.231. The summed E-state index contributed by atoms with van der Waals surface area (Å²) in [7, 11) is 0. The molecule has 0 bridgehead atoms. The van der Waals surface area contributed by atoms with Gasteiger partial charge in [0.25, 0.3) is 5.91 Å². The molecule has 0 aliphatic carbocycles. The monoisotopic (exact) mass is 262 g/mol. The summed E-state index contributed by atoms with van der Waals surface area (Å²) < 4.78 is 0. The first-order chi connectivity index (χ1) is 8.58. The number of aryl methyl sites for hydroxylation is 1. The van der Waals surface area contributed by atoms with Gasteiger partial charge in [0.15, 0.2) is 0 Å². The Morgan fingerprint density at radius 3 is 2.89 bits per heavy atom. The maximum absolute atomic E-state index is 12.0. The third-order valence-electron chi connectivity index (χ3n) is 2.63. The number of phenols is 1. The molecule has 2 aromatic rings. The van der Waals surface area contributed by atoms with Crippen molar-refractivity contribution in [3.05, 3.63) is 45.9 Å². The van der Waals surface area contributed by atoms with Gasteiger partial charge in [-0.25, -0.2) is 4.98 Å². The van der Waals surface area contributed by atoms with Gasteiger partial charge in [0.1, 0.15) is 10.8 Å². The van der Waals surface area contributed by atoms with E-state index in [2.05, 4.69) is 10.3 Å². The molecular formula is C13H14N2O2S. The molecule has 1 aromatic heterocycles. The van der Waals surface area contributed by atoms with Crippen LogP contribution in [0, 0.1) is 6.92 Å². The van der Waals surface area contributed by atoms with Crippen LogP contribution in [0.15, 0.2) is 29.8 Å². The third-order valence-corrected chi connectivity index (χ3v) is 3.59. The topological polar surface area (TPSA) is 62.2 Å². The minimum atomic E-state index is -0.166. The molecule has 1 atom stereocenters. The zero-order valence-electron chi connectivity index (χ0n) is 10.2. The van der Waals surface area contributed by atoms with E-state index < -0.39 is 0 Å². The van der Waals surface area contributed by atoms with Gasteiger partial charge >= 0.3 is 0 Å². The van der Waals surface area contributed by atoms with E-state index in [4.69, 9.17) is 0 Å². The van der Waals surface area contributed by atoms with Crippen LogP contribution < -0.4 is 5.32 Å². The number of rotatable bonds is 3. The largest absolute Gasteiger partial charge is 0.508 e. The fourth-order valence-electron chi connectivity index (χ4n) is 1.59. The van der Waals surface area contributed by atoms with E-state index >= 15 is 0 Å². The minimum Gasteiger partial charge on any atom is -0.508 e. The van der Waals surface area contributed by atoms with Crippen LogP contribution in [0.1, 0.15) is 33.9 Å². The van der Waals surface area contributed by atoms with Gasteiger partial charge < -0.3 is 10.4 Å². The molecule has 1 unspecified atom stereocenters. The van der Waals surface area contributed by atoms with Crippen molar-refractivity contribution >= 4 is 17.2 Å². The highest BCUT2D eigenvalue weighted by Gasteiger charge is 2.13. The Bertz CT molecular complexity index is 552. The molecule has 0 aliphatic heterocycles. The highest BCUT2D eigenvalue weighted by atomic mass is 32.1. The van der Waals surface area contributed by atoms with E-state index in [1.807, 2.05) is 12.3 Å². The molecule has 0 saturated carbocycles. The first-order valence-corrected chi connectivity index (χ1v) is 6.46. The van der Waals surface area contributed by atoms with Gasteiger partial charge in [0.2, 0.25) is 0 Å². The lowest BCUT2D eigenvalue weighted by atomic mass is 10.1. The quantitative estimate of drug-likeness (QED) is 0.894. The second-order valence-electron chi connectivity index (χ2n) is 4.07. The van der Waals surface area contributed by atoms with Crippen molar-refractivity contribution < 1.29 is 9.90 Å². The van der Waals surface area contributed by atoms with Gasteiger partial charge in [0.05, 0.1) is 6.04 Å². The molecule has 2 rings (SSSR count). The molecule has 0 aliphatic rings. The Kier molecular flexibility index (Phi) is 3.62. The van der Waals surface area contributed by atoms with E-state index in [1.165, 1.54) is 17.4 Å². The summed E-state index contributed by atoms with van der Waals surface area (Å²) in [6, 6.07) is 4.68. The standard InChI is InChI=1S/C13H14N2O2S/c1-8-7-10(3-4-11(8)16)12(17)15-9(2)13-14-5-6-18-13/h3-7,9,16H,1-2H3,(H,15,17). The maximum atomic E-state index is 12.0. The van der Waals surface area contributed by atoms with Gasteiger partial charge in [-0.15, -0.1) is 11.3 Å². The first-order valence-electron chi connectivity index (χ1n) is 5.58. The molecule has 0 saturated heterocycles. The van der Waals surface area contributed by atoms with Gasteiger partial charge in [-0.2, -0.15) is 0 Å². The molecule has 4 nitrogen and oxygen atoms in total. The summed E-state index contributed by atoms with van der Waals surface area (Å²) in [6.07, 6.45) is 1.72. The van der Waals surface area contributed by atoms with Crippen molar-refractivity contribution in [2.45, 2.75) is 19.9 Å². The van der Waals surface area contributed by atoms with E-state index in [0.29, 0.717) is 11.1 Å². The number of benzene rings is 1. The van der Waals surface area contributed by atoms with Crippen molar-refractivity contribution in [2.75, 3.05) is 0 Å². The van der Waals surface area contributed by atoms with E-state index in [0.717, 1.165) is 5.01 Å². The average molecular weight is 262 g/mol. The molecule has 1 aromatic carbocycles. The van der Waals surface area contributed by atoms with Crippen molar-refractivity contribution in [3.8, 4) is 5.75 Å². The highest BCUT2D eigenvalue weighted by Crippen LogP contribution is 2.19. The summed E-state index contributed by atoms with van der Waals surface area (Å²) >= 11 is 1.51. The van der Waals surface area contributed by atoms with Gasteiger partial charge in [-0.1, -0.05) is 0 Å². The SMILES string of the molecule is Cc1cc(C(=O)NC(C)c2nccs2)ccc1O. The number of phenolic OH excluding ortho intramolecular Hbond substituents is 1. The van der Waals surface area contributed by atoms with Crippen molar-refractivity contribution in [1.29, 1.82) is 0 Å². The second-order valence-corrected chi connectivity index (χ2v) is 4.99. The average Bonchev–Trinajstić information content (AvgIpc) is 2.86. The molecule has 1 amide bonds. The Labute approximate surface area is 109 Å². The molecular weight excluding hydrogens is 248 g/mol. The molecule has 2 N–H and O–H groups in total. The summed E-state index contributed by atoms with van der Waals surface area (Å²) in [4.78, 5) is 16.2. The van der Waals surface area contributed by atoms with Crippen LogP contribution in [-0.4, -0.2) is 16.0 Å². The molecule has 5 heteroatoms. The molecule has 18 heavy (non-hydrogen) atoms. The predicted molar refractivity (Wildman–Crippen MR) is 70.8 cm³/mol. The number of aromatic hydroxyl groups is 1. The maximum Gasteiger partial charge on any atom is 0.251 e. The summed E-state index contributed by atoms with van der Waals surface area (Å²) in [5.41, 5.74) is 1.22. The smallest absolute Gasteiger partial charge is 0.251 e. The lowest BCUT2D eigenvalue weighted by molar-refractivity contribution is 0.0939. The number of hydrogen-bond donors (Lipinski definition) is 2. The number of carbonyl (C=O) groups is 1. The van der Waals surface area contributed by atoms with Crippen LogP contribution >= 0.6 is 11.3 Å². The number of carbonyl (C=O) groups excluding carboxylic acids is 1. The Morgan fingerprint density at radius 1 is 1.50 bits per heavy atom. The van der Waals surface area contributed by atoms with E-state index in [-0.39, 0.29) is 17.7 Å². The molecule has 0 fully saturated rings. The lowest BCUT2D eigenvalue weighted by Gasteiger charge is -2.11. The van der Waals surface area contributed by atoms with Gasteiger partial charge in [-0.3, -0.25) is 4.79 Å². The fourth-order valence-corrected chi connectivity index (χ4v) is 2.23. The van der Waals surface area contributed by atoms with Crippen LogP contribution in [0.5, 0.6) is 5.75 Å². The molecule has 94 valence electrons. The number of hydrogen-bond acceptors (Lipinski definition) is 4. The first kappa shape index (κ1) is 12.6. The Balaban J connectivity index is 2.10. The zero-order valence-corrected chi connectivity index (χ0v) is 11.0. The molecule has 1 heterocycles. The number of aromatic nitrogens is 1. The number of amides is 1. The highest BCUT2D eigenvalue weighted by molar-refractivity contribution is 7.09. The Hall–Kier alpha value is -1.88. The predicted octanol–water partition coefficient (Wildman–Crippen LogP) is 2.65. The van der Waals surface area contributed by atoms with Crippen molar-refractivity contribution in [1.82, 2.24) is 10.3 Å². The Morgan fingerprint density at radius 2 is 2.28 bits per heavy atom. The number of nitrogens with one attached hydrogen (secondary N) is 1. The van der Waals surface area contributed by atoms with Gasteiger partial charge in [-0.05, 0) is 37.6 Å². The number of thiazole rings is 1. The molecule has 0 spiro atoms. The van der Waals surface area contributed by atoms with E-state index in [9.17, 15) is 9.90 Å². The van der Waals surface area contributed by atoms with Crippen LogP contribution in [0.4, 0.5) is 0 Å². The van der Waals surface area contributed by atoms with Gasteiger partial charge in [0, 0.05) is 17.1 Å². The van der Waals surface area contributed by atoms with E-state index in [1.54, 1.807) is 25.3 Å². The third kappa shape index (κ3) is 2.68. The lowest BCUT2D eigenvalue weighted by Crippen LogP contribution is -2.26. The molecule has 0 radical (unpaired) electrons. The summed E-state index contributed by atoms with van der Waals surface area (Å²) in [5.74, 6) is 0.0281. The van der Waals surface area contributed by atoms with Crippen LogP contribution in [0.25, 0.3) is 0 Å². The van der Waals surface area contributed by atoms with Crippen LogP contribution in [0.2, 0.25) is 0 Å². The minimum absolute atomic E-state index is 0.119. The summed E-state index contributed by atoms with van der Waals surface area (Å²) in [6.45, 7) is 3.65. The van der Waals surface area contributed by atoms with Crippen molar-refractivity contribution in [2.24, 2.45) is 0 Å². The van der Waals surface area contributed by atoms with Crippen molar-refractivity contribution in [3.63, 3.8) is 0 Å². The van der Waals surface area contributed by atoms with Crippen LogP contribution in [0.3, 0.4) is 0 Å². The van der Waals surface area contributed by atoms with Crippen LogP contribution in [-0.2, 0) is 0 Å². The normalized spacial score (nSPS) is 12.1. The summed E-state index contributed by atoms with van der Waals surface area (Å²) in [5, 5.41) is 15.0. The number of nitrogens with zero attached hydrogens (tertiary/aromatic N) is 1. The second kappa shape index (κ2) is 5.18.